The molecular weight excluding hydrogens is 268 g/mol. The average molecular weight is 290 g/mol. The highest BCUT2D eigenvalue weighted by molar-refractivity contribution is 5.83. The van der Waals surface area contributed by atoms with Crippen LogP contribution < -0.4 is 5.32 Å². The standard InChI is InChI=1S/C16H22N2O3/c1-20-11-8-17-12-13-4-3-5-15-14(13)6-9-18(15)10-7-16(19)21-2/h3-6,9,17H,7-8,10-12H2,1-2H3. The van der Waals surface area contributed by atoms with E-state index < -0.39 is 0 Å². The summed E-state index contributed by atoms with van der Waals surface area (Å²) in [5.74, 6) is -0.186. The van der Waals surface area contributed by atoms with E-state index in [-0.39, 0.29) is 5.97 Å². The maximum Gasteiger partial charge on any atom is 0.307 e. The van der Waals surface area contributed by atoms with Crippen LogP contribution in [0, 0.1) is 0 Å². The summed E-state index contributed by atoms with van der Waals surface area (Å²) in [5.41, 5.74) is 2.39. The Morgan fingerprint density at radius 2 is 2.14 bits per heavy atom. The smallest absolute Gasteiger partial charge is 0.307 e. The zero-order chi connectivity index (χ0) is 15.1. The van der Waals surface area contributed by atoms with Gasteiger partial charge < -0.3 is 19.4 Å². The lowest BCUT2D eigenvalue weighted by atomic mass is 10.1. The van der Waals surface area contributed by atoms with Crippen molar-refractivity contribution in [1.29, 1.82) is 0 Å². The van der Waals surface area contributed by atoms with Gasteiger partial charge in [0.25, 0.3) is 0 Å². The van der Waals surface area contributed by atoms with Crippen LogP contribution >= 0.6 is 0 Å². The van der Waals surface area contributed by atoms with Gasteiger partial charge in [0.05, 0.1) is 20.1 Å². The molecular formula is C16H22N2O3. The van der Waals surface area contributed by atoms with Crippen LogP contribution in [0.2, 0.25) is 0 Å². The largest absolute Gasteiger partial charge is 0.469 e. The van der Waals surface area contributed by atoms with Gasteiger partial charge in [-0.1, -0.05) is 12.1 Å². The summed E-state index contributed by atoms with van der Waals surface area (Å²) in [4.78, 5) is 11.3. The third kappa shape index (κ3) is 4.06. The maximum atomic E-state index is 11.3. The van der Waals surface area contributed by atoms with Crippen LogP contribution in [-0.2, 0) is 27.4 Å². The van der Waals surface area contributed by atoms with Crippen molar-refractivity contribution < 1.29 is 14.3 Å². The molecule has 0 aliphatic heterocycles. The Morgan fingerprint density at radius 3 is 2.90 bits per heavy atom. The number of carbonyl (C=O) groups is 1. The van der Waals surface area contributed by atoms with Gasteiger partial charge in [-0.15, -0.1) is 0 Å². The predicted octanol–water partition coefficient (Wildman–Crippen LogP) is 1.94. The van der Waals surface area contributed by atoms with Crippen molar-refractivity contribution >= 4 is 16.9 Å². The Morgan fingerprint density at radius 1 is 1.29 bits per heavy atom. The maximum absolute atomic E-state index is 11.3. The number of esters is 1. The molecule has 2 aromatic rings. The van der Waals surface area contributed by atoms with E-state index >= 15 is 0 Å². The summed E-state index contributed by atoms with van der Waals surface area (Å²) < 4.78 is 11.8. The molecule has 1 aromatic heterocycles. The van der Waals surface area contributed by atoms with Crippen molar-refractivity contribution in [2.75, 3.05) is 27.4 Å². The molecule has 114 valence electrons. The molecule has 0 aliphatic carbocycles. The number of benzene rings is 1. The summed E-state index contributed by atoms with van der Waals surface area (Å²) in [6, 6.07) is 8.34. The number of nitrogens with zero attached hydrogens (tertiary/aromatic N) is 1. The number of aryl methyl sites for hydroxylation is 1. The van der Waals surface area contributed by atoms with Crippen LogP contribution in [-0.4, -0.2) is 37.9 Å². The summed E-state index contributed by atoms with van der Waals surface area (Å²) in [6.07, 6.45) is 2.41. The molecule has 2 rings (SSSR count). The zero-order valence-corrected chi connectivity index (χ0v) is 12.6. The van der Waals surface area contributed by atoms with Gasteiger partial charge in [0.1, 0.15) is 0 Å². The molecule has 5 nitrogen and oxygen atoms in total. The second-order valence-electron chi connectivity index (χ2n) is 4.85. The zero-order valence-electron chi connectivity index (χ0n) is 12.6. The van der Waals surface area contributed by atoms with Crippen LogP contribution in [0.4, 0.5) is 0 Å². The first-order chi connectivity index (χ1) is 10.3. The molecule has 0 saturated carbocycles. The van der Waals surface area contributed by atoms with Crippen molar-refractivity contribution in [1.82, 2.24) is 9.88 Å². The van der Waals surface area contributed by atoms with Gasteiger partial charge in [-0.3, -0.25) is 4.79 Å². The minimum atomic E-state index is -0.186. The Hall–Kier alpha value is -1.85. The van der Waals surface area contributed by atoms with E-state index in [9.17, 15) is 4.79 Å². The fourth-order valence-corrected chi connectivity index (χ4v) is 2.35. The van der Waals surface area contributed by atoms with Crippen molar-refractivity contribution in [3.63, 3.8) is 0 Å². The molecule has 0 aliphatic rings. The van der Waals surface area contributed by atoms with E-state index in [1.807, 2.05) is 12.3 Å². The van der Waals surface area contributed by atoms with Gasteiger partial charge in [-0.25, -0.2) is 0 Å². The molecule has 0 unspecified atom stereocenters. The van der Waals surface area contributed by atoms with Crippen molar-refractivity contribution in [2.45, 2.75) is 19.5 Å². The molecule has 0 spiro atoms. The van der Waals surface area contributed by atoms with Crippen molar-refractivity contribution in [3.05, 3.63) is 36.0 Å². The lowest BCUT2D eigenvalue weighted by Gasteiger charge is -2.08. The third-order valence-electron chi connectivity index (χ3n) is 3.49. The summed E-state index contributed by atoms with van der Waals surface area (Å²) in [6.45, 7) is 2.98. The molecule has 0 saturated heterocycles. The summed E-state index contributed by atoms with van der Waals surface area (Å²) in [7, 11) is 3.11. The lowest BCUT2D eigenvalue weighted by molar-refractivity contribution is -0.140. The normalized spacial score (nSPS) is 11.0. The second kappa shape index (κ2) is 7.81. The van der Waals surface area contributed by atoms with E-state index in [1.165, 1.54) is 18.1 Å². The SMILES string of the molecule is COCCNCc1cccc2c1ccn2CCC(=O)OC. The first-order valence-corrected chi connectivity index (χ1v) is 7.09. The Balaban J connectivity index is 2.07. The fourth-order valence-electron chi connectivity index (χ4n) is 2.35. The van der Waals surface area contributed by atoms with Crippen LogP contribution in [0.1, 0.15) is 12.0 Å². The van der Waals surface area contributed by atoms with Crippen LogP contribution in [0.5, 0.6) is 0 Å². The molecule has 0 fully saturated rings. The van der Waals surface area contributed by atoms with Crippen molar-refractivity contribution in [2.24, 2.45) is 0 Å². The van der Waals surface area contributed by atoms with Crippen LogP contribution in [0.15, 0.2) is 30.5 Å². The molecule has 0 amide bonds. The number of fused-ring (bicyclic) bond motifs is 1. The van der Waals surface area contributed by atoms with Gasteiger partial charge in [0.2, 0.25) is 0 Å². The number of hydrogen-bond acceptors (Lipinski definition) is 4. The van der Waals surface area contributed by atoms with Crippen molar-refractivity contribution in [3.8, 4) is 0 Å². The highest BCUT2D eigenvalue weighted by Crippen LogP contribution is 2.20. The average Bonchev–Trinajstić information content (AvgIpc) is 2.93. The third-order valence-corrected chi connectivity index (χ3v) is 3.49. The number of hydrogen-bond donors (Lipinski definition) is 1. The van der Waals surface area contributed by atoms with Gasteiger partial charge in [0.15, 0.2) is 0 Å². The predicted molar refractivity (Wildman–Crippen MR) is 82.2 cm³/mol. The van der Waals surface area contributed by atoms with E-state index in [2.05, 4.69) is 32.8 Å². The molecule has 1 N–H and O–H groups in total. The molecule has 21 heavy (non-hydrogen) atoms. The minimum Gasteiger partial charge on any atom is -0.469 e. The first kappa shape index (κ1) is 15.5. The first-order valence-electron chi connectivity index (χ1n) is 7.09. The highest BCUT2D eigenvalue weighted by atomic mass is 16.5. The monoisotopic (exact) mass is 290 g/mol. The lowest BCUT2D eigenvalue weighted by Crippen LogP contribution is -2.18. The van der Waals surface area contributed by atoms with Gasteiger partial charge in [0, 0.05) is 43.8 Å². The van der Waals surface area contributed by atoms with E-state index in [0.717, 1.165) is 18.6 Å². The number of carbonyl (C=O) groups excluding carboxylic acids is 1. The summed E-state index contributed by atoms with van der Waals surface area (Å²) >= 11 is 0. The molecule has 0 bridgehead atoms. The number of nitrogens with one attached hydrogen (secondary N) is 1. The molecule has 1 aromatic carbocycles. The number of rotatable bonds is 8. The Kier molecular flexibility index (Phi) is 5.78. The number of ether oxygens (including phenoxy) is 2. The number of aromatic nitrogens is 1. The molecule has 0 atom stereocenters. The van der Waals surface area contributed by atoms with Crippen LogP contribution in [0.3, 0.4) is 0 Å². The van der Waals surface area contributed by atoms with Gasteiger partial charge in [-0.2, -0.15) is 0 Å². The minimum absolute atomic E-state index is 0.186. The Labute approximate surface area is 124 Å². The van der Waals surface area contributed by atoms with E-state index in [0.29, 0.717) is 19.6 Å². The second-order valence-corrected chi connectivity index (χ2v) is 4.85. The van der Waals surface area contributed by atoms with Crippen LogP contribution in [0.25, 0.3) is 10.9 Å². The topological polar surface area (TPSA) is 52.5 Å². The number of methoxy groups -OCH3 is 2. The quantitative estimate of drug-likeness (QED) is 0.596. The molecule has 5 heteroatoms. The summed E-state index contributed by atoms with van der Waals surface area (Å²) in [5, 5.41) is 4.57. The van der Waals surface area contributed by atoms with Gasteiger partial charge in [-0.05, 0) is 17.7 Å². The fraction of sp³-hybridized carbons (Fsp3) is 0.438. The van der Waals surface area contributed by atoms with E-state index in [1.54, 1.807) is 7.11 Å². The Bertz CT molecular complexity index is 592. The van der Waals surface area contributed by atoms with Gasteiger partial charge >= 0.3 is 5.97 Å². The highest BCUT2D eigenvalue weighted by Gasteiger charge is 2.07. The van der Waals surface area contributed by atoms with E-state index in [4.69, 9.17) is 4.74 Å². The molecule has 1 heterocycles. The molecule has 0 radical (unpaired) electrons.